The number of aliphatic hydroxyl groups is 1. The van der Waals surface area contributed by atoms with Crippen LogP contribution < -0.4 is 37.9 Å². The molecule has 0 aromatic heterocycles. The van der Waals surface area contributed by atoms with Gasteiger partial charge < -0.3 is 52.5 Å². The van der Waals surface area contributed by atoms with Crippen molar-refractivity contribution in [2.45, 2.75) is 13.2 Å². The third-order valence-corrected chi connectivity index (χ3v) is 7.82. The summed E-state index contributed by atoms with van der Waals surface area (Å²) in [6.07, 6.45) is 0. The Morgan fingerprint density at radius 1 is 0.460 bits per heavy atom. The molecule has 0 aliphatic rings. The Hall–Kier alpha value is -5.82. The minimum Gasteiger partial charge on any atom is -0.493 e. The van der Waals surface area contributed by atoms with Gasteiger partial charge in [-0.15, -0.1) is 0 Å². The number of hydrogen-bond donors (Lipinski definition) is 1. The van der Waals surface area contributed by atoms with E-state index in [9.17, 15) is 14.7 Å². The first kappa shape index (κ1) is 37.0. The number of hydrogen-bond acceptors (Lipinski definition) is 13. The lowest BCUT2D eigenvalue weighted by Gasteiger charge is -2.20. The van der Waals surface area contributed by atoms with Crippen LogP contribution in [-0.4, -0.2) is 81.0 Å². The molecule has 0 aliphatic carbocycles. The molecule has 0 fully saturated rings. The van der Waals surface area contributed by atoms with Crippen LogP contribution in [0.2, 0.25) is 0 Å². The van der Waals surface area contributed by atoms with E-state index in [1.165, 1.54) is 76.1 Å². The summed E-state index contributed by atoms with van der Waals surface area (Å²) in [5.41, 5.74) is 3.26. The van der Waals surface area contributed by atoms with Crippen LogP contribution in [-0.2, 0) is 22.7 Å². The summed E-state index contributed by atoms with van der Waals surface area (Å²) >= 11 is 0. The molecule has 0 amide bonds. The fraction of sp³-hybridized carbons (Fsp3) is 0.297. The van der Waals surface area contributed by atoms with Gasteiger partial charge in [0, 0.05) is 22.3 Å². The first-order valence-corrected chi connectivity index (χ1v) is 15.1. The second-order valence-corrected chi connectivity index (χ2v) is 10.5. The second kappa shape index (κ2) is 16.5. The fourth-order valence-corrected chi connectivity index (χ4v) is 5.53. The van der Waals surface area contributed by atoms with Crippen LogP contribution >= 0.6 is 0 Å². The minimum absolute atomic E-state index is 0.116. The highest BCUT2D eigenvalue weighted by Crippen LogP contribution is 2.48. The fourth-order valence-electron chi connectivity index (χ4n) is 5.53. The highest BCUT2D eigenvalue weighted by Gasteiger charge is 2.26. The summed E-state index contributed by atoms with van der Waals surface area (Å²) in [7, 11) is 13.0. The monoisotopic (exact) mass is 692 g/mol. The molecule has 0 saturated carbocycles. The van der Waals surface area contributed by atoms with Crippen LogP contribution in [0.5, 0.6) is 46.0 Å². The molecular formula is C37H40O13. The van der Waals surface area contributed by atoms with Gasteiger partial charge in [-0.1, -0.05) is 0 Å². The Kier molecular flexibility index (Phi) is 12.2. The standard InChI is InChI=1S/C37H40O13/c1-41-28-12-20(18-38)10-24(32(28)45-5)25-11-21(13-29(42-2)33(25)46-6)19-50-37(40)23-15-27(35(48-8)31(17-23)44-4)26-14-22(36(39)49-9)16-30(43-3)34(26)47-7/h10-17,38H,18-19H2,1-9H3. The van der Waals surface area contributed by atoms with Crippen LogP contribution in [0.25, 0.3) is 22.3 Å². The number of aliphatic hydroxyl groups excluding tert-OH is 1. The molecular weight excluding hydrogens is 652 g/mol. The number of rotatable bonds is 15. The Balaban J connectivity index is 1.81. The van der Waals surface area contributed by atoms with E-state index < -0.39 is 11.9 Å². The van der Waals surface area contributed by atoms with E-state index in [4.69, 9.17) is 47.4 Å². The first-order valence-electron chi connectivity index (χ1n) is 15.1. The number of carbonyl (C=O) groups excluding carboxylic acids is 2. The average molecular weight is 693 g/mol. The number of methoxy groups -OCH3 is 9. The van der Waals surface area contributed by atoms with Crippen molar-refractivity contribution in [1.82, 2.24) is 0 Å². The van der Waals surface area contributed by atoms with Crippen molar-refractivity contribution in [3.63, 3.8) is 0 Å². The Labute approximate surface area is 290 Å². The number of benzene rings is 4. The molecule has 0 saturated heterocycles. The van der Waals surface area contributed by atoms with E-state index in [1.807, 2.05) is 0 Å². The van der Waals surface area contributed by atoms with Gasteiger partial charge in [0.15, 0.2) is 46.0 Å². The summed E-state index contributed by atoms with van der Waals surface area (Å²) in [5, 5.41) is 9.93. The maximum atomic E-state index is 13.7. The predicted octanol–water partition coefficient (Wildman–Crippen LogP) is 5.73. The van der Waals surface area contributed by atoms with E-state index in [0.717, 1.165) is 0 Å². The second-order valence-electron chi connectivity index (χ2n) is 10.5. The maximum Gasteiger partial charge on any atom is 0.338 e. The van der Waals surface area contributed by atoms with Gasteiger partial charge in [-0.2, -0.15) is 0 Å². The normalized spacial score (nSPS) is 10.5. The molecule has 1 N–H and O–H groups in total. The van der Waals surface area contributed by atoms with Crippen LogP contribution in [0.3, 0.4) is 0 Å². The lowest BCUT2D eigenvalue weighted by atomic mass is 9.97. The number of esters is 2. The Morgan fingerprint density at radius 3 is 1.20 bits per heavy atom. The van der Waals surface area contributed by atoms with E-state index in [-0.39, 0.29) is 47.3 Å². The van der Waals surface area contributed by atoms with Crippen molar-refractivity contribution in [3.8, 4) is 68.2 Å². The van der Waals surface area contributed by atoms with Gasteiger partial charge in [-0.25, -0.2) is 9.59 Å². The van der Waals surface area contributed by atoms with Crippen LogP contribution in [0.4, 0.5) is 0 Å². The van der Waals surface area contributed by atoms with Crippen molar-refractivity contribution in [1.29, 1.82) is 0 Å². The molecule has 4 aromatic carbocycles. The Bertz CT molecular complexity index is 1870. The van der Waals surface area contributed by atoms with E-state index in [2.05, 4.69) is 0 Å². The Morgan fingerprint density at radius 2 is 0.820 bits per heavy atom. The average Bonchev–Trinajstić information content (AvgIpc) is 3.16. The highest BCUT2D eigenvalue weighted by molar-refractivity contribution is 5.97. The zero-order valence-electron chi connectivity index (χ0n) is 29.4. The molecule has 13 nitrogen and oxygen atoms in total. The molecule has 0 radical (unpaired) electrons. The summed E-state index contributed by atoms with van der Waals surface area (Å²) in [4.78, 5) is 26.2. The van der Waals surface area contributed by atoms with Gasteiger partial charge in [-0.05, 0) is 59.7 Å². The van der Waals surface area contributed by atoms with Gasteiger partial charge in [0.2, 0.25) is 0 Å². The van der Waals surface area contributed by atoms with Gasteiger partial charge in [0.25, 0.3) is 0 Å². The largest absolute Gasteiger partial charge is 0.493 e. The van der Waals surface area contributed by atoms with Crippen molar-refractivity contribution in [2.75, 3.05) is 64.0 Å². The van der Waals surface area contributed by atoms with Crippen LogP contribution in [0.1, 0.15) is 31.8 Å². The molecule has 50 heavy (non-hydrogen) atoms. The van der Waals surface area contributed by atoms with E-state index in [0.29, 0.717) is 56.4 Å². The molecule has 0 atom stereocenters. The van der Waals surface area contributed by atoms with E-state index in [1.54, 1.807) is 36.4 Å². The maximum absolute atomic E-state index is 13.7. The van der Waals surface area contributed by atoms with Crippen molar-refractivity contribution < 1.29 is 62.1 Å². The molecule has 0 unspecified atom stereocenters. The molecule has 4 rings (SSSR count). The molecule has 4 aromatic rings. The van der Waals surface area contributed by atoms with Crippen molar-refractivity contribution >= 4 is 11.9 Å². The molecule has 0 heterocycles. The van der Waals surface area contributed by atoms with Gasteiger partial charge >= 0.3 is 11.9 Å². The summed E-state index contributed by atoms with van der Waals surface area (Å²) in [6.45, 7) is -0.424. The molecule has 266 valence electrons. The predicted molar refractivity (Wildman–Crippen MR) is 183 cm³/mol. The van der Waals surface area contributed by atoms with Crippen LogP contribution in [0, 0.1) is 0 Å². The minimum atomic E-state index is -0.694. The highest BCUT2D eigenvalue weighted by atomic mass is 16.5. The number of ether oxygens (including phenoxy) is 10. The topological polar surface area (TPSA) is 147 Å². The molecule has 0 spiro atoms. The van der Waals surface area contributed by atoms with Gasteiger partial charge in [0.05, 0.1) is 81.7 Å². The lowest BCUT2D eigenvalue weighted by Crippen LogP contribution is -2.08. The van der Waals surface area contributed by atoms with Crippen molar-refractivity contribution in [3.05, 3.63) is 70.8 Å². The van der Waals surface area contributed by atoms with E-state index >= 15 is 0 Å². The van der Waals surface area contributed by atoms with Crippen molar-refractivity contribution in [2.24, 2.45) is 0 Å². The third-order valence-electron chi connectivity index (χ3n) is 7.82. The lowest BCUT2D eigenvalue weighted by molar-refractivity contribution is 0.0471. The molecule has 13 heteroatoms. The SMILES string of the molecule is COC(=O)c1cc(OC)c(OC)c(-c2cc(C(=O)OCc3cc(OC)c(OC)c(-c4cc(CO)cc(OC)c4OC)c3)cc(OC)c2OC)c1. The summed E-state index contributed by atoms with van der Waals surface area (Å²) < 4.78 is 55.8. The van der Waals surface area contributed by atoms with Gasteiger partial charge in [-0.3, -0.25) is 0 Å². The summed E-state index contributed by atoms with van der Waals surface area (Å²) in [6, 6.07) is 12.9. The first-order chi connectivity index (χ1) is 24.2. The van der Waals surface area contributed by atoms with Gasteiger partial charge in [0.1, 0.15) is 6.61 Å². The quantitative estimate of drug-likeness (QED) is 0.152. The van der Waals surface area contributed by atoms with Crippen LogP contribution in [0.15, 0.2) is 48.5 Å². The zero-order chi connectivity index (χ0) is 36.5. The molecule has 0 aliphatic heterocycles. The third kappa shape index (κ3) is 7.27. The smallest absolute Gasteiger partial charge is 0.338 e. The molecule has 0 bridgehead atoms. The summed E-state index contributed by atoms with van der Waals surface area (Å²) in [5.74, 6) is 1.28. The number of carbonyl (C=O) groups is 2. The zero-order valence-corrected chi connectivity index (χ0v) is 29.4.